The highest BCUT2D eigenvalue weighted by molar-refractivity contribution is 5.85. The molecule has 2 aromatic heterocycles. The number of nitrogens with zero attached hydrogens (tertiary/aromatic N) is 3. The molecule has 2 aromatic carbocycles. The van der Waals surface area contributed by atoms with Crippen molar-refractivity contribution in [2.24, 2.45) is 5.41 Å². The fourth-order valence-corrected chi connectivity index (χ4v) is 5.58. The van der Waals surface area contributed by atoms with Crippen LogP contribution in [0.2, 0.25) is 0 Å². The van der Waals surface area contributed by atoms with Gasteiger partial charge in [0.15, 0.2) is 17.2 Å². The van der Waals surface area contributed by atoms with Crippen LogP contribution < -0.4 is 31.1 Å². The average Bonchev–Trinajstić information content (AvgIpc) is 2.92. The Morgan fingerprint density at radius 2 is 1.73 bits per heavy atom. The molecule has 4 rings (SSSR count). The number of nitrogen functional groups attached to an aromatic ring is 2. The van der Waals surface area contributed by atoms with Crippen molar-refractivity contribution in [2.75, 3.05) is 25.7 Å². The van der Waals surface area contributed by atoms with Crippen LogP contribution in [0.4, 0.5) is 16.6 Å². The van der Waals surface area contributed by atoms with Crippen LogP contribution in [-0.2, 0) is 12.0 Å². The molecule has 2 heterocycles. The second-order valence-corrected chi connectivity index (χ2v) is 12.3. The Kier molecular flexibility index (Phi) is 10.3. The van der Waals surface area contributed by atoms with Crippen molar-refractivity contribution >= 4 is 41.2 Å². The summed E-state index contributed by atoms with van der Waals surface area (Å²) in [6, 6.07) is 8.88. The lowest BCUT2D eigenvalue weighted by Gasteiger charge is -2.36. The van der Waals surface area contributed by atoms with Crippen LogP contribution in [0.1, 0.15) is 63.3 Å². The van der Waals surface area contributed by atoms with E-state index in [1.54, 1.807) is 25.4 Å². The maximum absolute atomic E-state index is 13.2. The number of fused-ring (bicyclic) bond motifs is 1. The fourth-order valence-electron chi connectivity index (χ4n) is 5.58. The van der Waals surface area contributed by atoms with E-state index in [2.05, 4.69) is 42.6 Å². The topological polar surface area (TPSA) is 165 Å². The van der Waals surface area contributed by atoms with E-state index in [4.69, 9.17) is 25.7 Å². The molecule has 0 aliphatic carbocycles. The molecule has 11 nitrogen and oxygen atoms in total. The third-order valence-corrected chi connectivity index (χ3v) is 6.98. The largest absolute Gasteiger partial charge is 0.511 e. The molecule has 238 valence electrons. The van der Waals surface area contributed by atoms with Gasteiger partial charge in [0.25, 0.3) is 0 Å². The first-order valence-electron chi connectivity index (χ1n) is 13.9. The lowest BCUT2D eigenvalue weighted by molar-refractivity contribution is 0.143. The van der Waals surface area contributed by atoms with Crippen molar-refractivity contribution in [2.45, 2.75) is 53.0 Å². The number of halogens is 1. The predicted molar refractivity (Wildman–Crippen MR) is 177 cm³/mol. The number of carbonyl (C=O) groups is 1. The van der Waals surface area contributed by atoms with E-state index in [1.165, 1.54) is 13.3 Å². The second kappa shape index (κ2) is 13.4. The number of carboxylic acid groups (broad SMARTS) is 1. The van der Waals surface area contributed by atoms with Crippen molar-refractivity contribution in [1.29, 1.82) is 0 Å². The van der Waals surface area contributed by atoms with Crippen LogP contribution >= 0.6 is 12.4 Å². The van der Waals surface area contributed by atoms with Crippen molar-refractivity contribution < 1.29 is 24.1 Å². The van der Waals surface area contributed by atoms with Gasteiger partial charge in [-0.25, -0.2) is 9.78 Å². The van der Waals surface area contributed by atoms with E-state index in [0.29, 0.717) is 45.5 Å². The number of methoxy groups -OCH3 is 2. The number of hydrogen-bond acceptors (Lipinski definition) is 9. The minimum absolute atomic E-state index is 0. The highest BCUT2D eigenvalue weighted by Gasteiger charge is 2.29. The van der Waals surface area contributed by atoms with Crippen molar-refractivity contribution in [3.05, 3.63) is 75.2 Å². The SMILES string of the molecule is COc1cc(Cc2cnc(N)nc2N)cc(C#Cc2ccc3c(=O)c(OC(=O)O)cn(C(C)(C)CC(C)(C)C)c3c2)c1OC.Cl. The molecule has 0 radical (unpaired) electrons. The van der Waals surface area contributed by atoms with Gasteiger partial charge in [-0.15, -0.1) is 12.4 Å². The monoisotopic (exact) mass is 635 g/mol. The Morgan fingerprint density at radius 3 is 2.33 bits per heavy atom. The van der Waals surface area contributed by atoms with Crippen LogP contribution in [0, 0.1) is 17.3 Å². The summed E-state index contributed by atoms with van der Waals surface area (Å²) in [5.41, 5.74) is 14.0. The molecule has 0 spiro atoms. The number of ether oxygens (including phenoxy) is 3. The summed E-state index contributed by atoms with van der Waals surface area (Å²) in [5.74, 6) is 7.46. The van der Waals surface area contributed by atoms with Gasteiger partial charge in [0.1, 0.15) is 5.82 Å². The first kappa shape index (κ1) is 34.5. The third-order valence-electron chi connectivity index (χ3n) is 6.98. The lowest BCUT2D eigenvalue weighted by Crippen LogP contribution is -2.33. The minimum atomic E-state index is -1.55. The molecule has 0 aliphatic heterocycles. The highest BCUT2D eigenvalue weighted by atomic mass is 35.5. The second-order valence-electron chi connectivity index (χ2n) is 12.3. The van der Waals surface area contributed by atoms with E-state index in [0.717, 1.165) is 12.0 Å². The van der Waals surface area contributed by atoms with Crippen LogP contribution in [0.5, 0.6) is 17.2 Å². The van der Waals surface area contributed by atoms with Gasteiger partial charge in [-0.05, 0) is 61.6 Å². The number of aromatic nitrogens is 3. The molecule has 0 fully saturated rings. The van der Waals surface area contributed by atoms with Gasteiger partial charge in [0, 0.05) is 34.7 Å². The van der Waals surface area contributed by atoms with Crippen LogP contribution in [0.25, 0.3) is 10.9 Å². The van der Waals surface area contributed by atoms with E-state index >= 15 is 0 Å². The molecule has 0 aliphatic rings. The molecule has 4 aromatic rings. The summed E-state index contributed by atoms with van der Waals surface area (Å²) in [6.45, 7) is 10.4. The number of benzene rings is 2. The van der Waals surface area contributed by atoms with Crippen LogP contribution in [0.15, 0.2) is 47.5 Å². The van der Waals surface area contributed by atoms with Gasteiger partial charge in [-0.3, -0.25) is 4.79 Å². The zero-order chi connectivity index (χ0) is 32.4. The normalized spacial score (nSPS) is 11.3. The number of anilines is 2. The van der Waals surface area contributed by atoms with Gasteiger partial charge in [0.2, 0.25) is 11.4 Å². The molecular formula is C33H38ClN5O6. The number of nitrogens with two attached hydrogens (primary N) is 2. The molecule has 5 N–H and O–H groups in total. The van der Waals surface area contributed by atoms with Gasteiger partial charge in [0.05, 0.1) is 31.5 Å². The molecule has 0 atom stereocenters. The maximum atomic E-state index is 13.2. The zero-order valence-corrected chi connectivity index (χ0v) is 27.2. The van der Waals surface area contributed by atoms with E-state index < -0.39 is 17.1 Å². The van der Waals surface area contributed by atoms with E-state index in [-0.39, 0.29) is 35.3 Å². The summed E-state index contributed by atoms with van der Waals surface area (Å²) in [6.07, 6.45) is 2.64. The van der Waals surface area contributed by atoms with Gasteiger partial charge in [-0.1, -0.05) is 32.6 Å². The van der Waals surface area contributed by atoms with Crippen molar-refractivity contribution in [1.82, 2.24) is 14.5 Å². The summed E-state index contributed by atoms with van der Waals surface area (Å²) in [4.78, 5) is 32.6. The molecule has 0 saturated heterocycles. The summed E-state index contributed by atoms with van der Waals surface area (Å²) in [7, 11) is 3.08. The Morgan fingerprint density at radius 1 is 1.02 bits per heavy atom. The molecule has 0 saturated carbocycles. The first-order chi connectivity index (χ1) is 20.6. The number of rotatable bonds is 7. The minimum Gasteiger partial charge on any atom is -0.493 e. The molecule has 0 unspecified atom stereocenters. The lowest BCUT2D eigenvalue weighted by atomic mass is 9.81. The van der Waals surface area contributed by atoms with Crippen LogP contribution in [-0.4, -0.2) is 40.0 Å². The van der Waals surface area contributed by atoms with Gasteiger partial charge in [-0.2, -0.15) is 4.98 Å². The van der Waals surface area contributed by atoms with E-state index in [1.807, 2.05) is 36.6 Å². The number of hydrogen-bond donors (Lipinski definition) is 3. The third kappa shape index (κ3) is 7.96. The summed E-state index contributed by atoms with van der Waals surface area (Å²) >= 11 is 0. The zero-order valence-electron chi connectivity index (χ0n) is 26.3. The Hall–Kier alpha value is -4.95. The predicted octanol–water partition coefficient (Wildman–Crippen LogP) is 5.61. The molecular weight excluding hydrogens is 598 g/mol. The molecule has 0 bridgehead atoms. The van der Waals surface area contributed by atoms with Gasteiger partial charge >= 0.3 is 6.16 Å². The standard InChI is InChI=1S/C33H37N5O6.ClH/c1-32(2,3)18-33(4,5)38-17-26(44-31(40)41)27(39)23-11-9-19(14-24(23)38)8-10-21-12-20(15-25(42-6)28(21)43-7)13-22-16-36-30(35)37-29(22)34;/h9,11-12,14-17H,13,18H2,1-7H3,(H,40,41)(H4,34,35,36,37);1H. The average molecular weight is 636 g/mol. The van der Waals surface area contributed by atoms with Crippen LogP contribution in [0.3, 0.4) is 0 Å². The van der Waals surface area contributed by atoms with Gasteiger partial charge < -0.3 is 35.4 Å². The molecule has 0 amide bonds. The maximum Gasteiger partial charge on any atom is 0.511 e. The summed E-state index contributed by atoms with van der Waals surface area (Å²) < 4.78 is 18.0. The smallest absolute Gasteiger partial charge is 0.493 e. The quantitative estimate of drug-likeness (QED) is 0.172. The fraction of sp³-hybridized carbons (Fsp3) is 0.333. The Balaban J connectivity index is 0.00000552. The Labute approximate surface area is 267 Å². The summed E-state index contributed by atoms with van der Waals surface area (Å²) in [5, 5.41) is 9.57. The van der Waals surface area contributed by atoms with Crippen molar-refractivity contribution in [3.63, 3.8) is 0 Å². The molecule has 45 heavy (non-hydrogen) atoms. The molecule has 12 heteroatoms. The van der Waals surface area contributed by atoms with E-state index in [9.17, 15) is 14.7 Å². The first-order valence-corrected chi connectivity index (χ1v) is 13.9. The number of pyridine rings is 1. The van der Waals surface area contributed by atoms with Crippen molar-refractivity contribution in [3.8, 4) is 29.1 Å². The Bertz CT molecular complexity index is 1870. The highest BCUT2D eigenvalue weighted by Crippen LogP contribution is 2.36.